The highest BCUT2D eigenvalue weighted by atomic mass is 16.1. The lowest BCUT2D eigenvalue weighted by atomic mass is 9.88. The highest BCUT2D eigenvalue weighted by Gasteiger charge is 2.71. The van der Waals surface area contributed by atoms with E-state index in [2.05, 4.69) is 48.5 Å². The number of benzene rings is 2. The second-order valence-electron chi connectivity index (χ2n) is 5.74. The van der Waals surface area contributed by atoms with E-state index in [0.717, 1.165) is 12.8 Å². The molecule has 0 unspecified atom stereocenters. The average molecular weight is 248 g/mol. The molecule has 94 valence electrons. The molecule has 0 aromatic heterocycles. The summed E-state index contributed by atoms with van der Waals surface area (Å²) in [5.41, 5.74) is 2.77. The van der Waals surface area contributed by atoms with Gasteiger partial charge in [0.05, 0.1) is 0 Å². The highest BCUT2D eigenvalue weighted by molar-refractivity contribution is 5.92. The van der Waals surface area contributed by atoms with Crippen molar-refractivity contribution in [3.63, 3.8) is 0 Å². The molecule has 0 N–H and O–H groups in total. The molecule has 1 heteroatoms. The van der Waals surface area contributed by atoms with Gasteiger partial charge in [0.25, 0.3) is 0 Å². The lowest BCUT2D eigenvalue weighted by molar-refractivity contribution is -0.119. The molecule has 3 atom stereocenters. The summed E-state index contributed by atoms with van der Waals surface area (Å²) in [4.78, 5) is 12.2. The topological polar surface area (TPSA) is 17.1 Å². The first-order chi connectivity index (χ1) is 9.34. The number of fused-ring (bicyclic) bond motifs is 1. The van der Waals surface area contributed by atoms with Crippen molar-refractivity contribution in [3.05, 3.63) is 71.8 Å². The van der Waals surface area contributed by atoms with Crippen molar-refractivity contribution in [1.82, 2.24) is 0 Å². The van der Waals surface area contributed by atoms with Crippen molar-refractivity contribution in [1.29, 1.82) is 0 Å². The second-order valence-corrected chi connectivity index (χ2v) is 5.74. The summed E-state index contributed by atoms with van der Waals surface area (Å²) in [7, 11) is 0. The molecule has 19 heavy (non-hydrogen) atoms. The number of carbonyl (C=O) groups excluding carboxylic acids is 1. The van der Waals surface area contributed by atoms with Crippen LogP contribution in [0, 0.1) is 5.92 Å². The Morgan fingerprint density at radius 2 is 1.47 bits per heavy atom. The van der Waals surface area contributed by atoms with Crippen LogP contribution in [0.1, 0.15) is 29.9 Å². The van der Waals surface area contributed by atoms with E-state index in [0.29, 0.717) is 11.7 Å². The lowest BCUT2D eigenvalue weighted by Crippen LogP contribution is -2.08. The molecule has 2 aliphatic rings. The Morgan fingerprint density at radius 3 is 2.16 bits per heavy atom. The third kappa shape index (κ3) is 1.39. The molecule has 1 nitrogen and oxygen atoms in total. The van der Waals surface area contributed by atoms with Crippen LogP contribution in [0.2, 0.25) is 0 Å². The van der Waals surface area contributed by atoms with Crippen molar-refractivity contribution in [2.45, 2.75) is 24.2 Å². The number of hydrogen-bond acceptors (Lipinski definition) is 1. The minimum atomic E-state index is 0.0969. The first-order valence-electron chi connectivity index (χ1n) is 6.97. The van der Waals surface area contributed by atoms with Crippen LogP contribution in [-0.4, -0.2) is 5.78 Å². The molecular weight excluding hydrogens is 232 g/mol. The summed E-state index contributed by atoms with van der Waals surface area (Å²) in [6.07, 6.45) is 1.77. The third-order valence-electron chi connectivity index (χ3n) is 4.94. The van der Waals surface area contributed by atoms with E-state index in [-0.39, 0.29) is 11.3 Å². The van der Waals surface area contributed by atoms with Crippen molar-refractivity contribution >= 4 is 5.78 Å². The normalized spacial score (nSPS) is 32.1. The molecule has 2 fully saturated rings. The Labute approximate surface area is 113 Å². The maximum Gasteiger partial charge on any atom is 0.137 e. The summed E-state index contributed by atoms with van der Waals surface area (Å²) in [5, 5.41) is 0. The van der Waals surface area contributed by atoms with E-state index in [1.54, 1.807) is 0 Å². The SMILES string of the molecule is O=C1CC[C@@]2(c3ccccc3)[C@H](c3ccccc3)[C@H]12. The van der Waals surface area contributed by atoms with Crippen LogP contribution < -0.4 is 0 Å². The van der Waals surface area contributed by atoms with Gasteiger partial charge < -0.3 is 0 Å². The maximum absolute atomic E-state index is 12.2. The molecule has 0 saturated heterocycles. The monoisotopic (exact) mass is 248 g/mol. The molecule has 0 heterocycles. The summed E-state index contributed by atoms with van der Waals surface area (Å²) in [6, 6.07) is 21.1. The van der Waals surface area contributed by atoms with Gasteiger partial charge in [-0.3, -0.25) is 4.79 Å². The fraction of sp³-hybridized carbons (Fsp3) is 0.278. The van der Waals surface area contributed by atoms with E-state index in [9.17, 15) is 4.79 Å². The van der Waals surface area contributed by atoms with E-state index >= 15 is 0 Å². The molecule has 0 aliphatic heterocycles. The van der Waals surface area contributed by atoms with Gasteiger partial charge in [-0.25, -0.2) is 0 Å². The van der Waals surface area contributed by atoms with Gasteiger partial charge in [0.15, 0.2) is 0 Å². The first-order valence-corrected chi connectivity index (χ1v) is 6.97. The second kappa shape index (κ2) is 3.80. The van der Waals surface area contributed by atoms with E-state index in [1.807, 2.05) is 12.1 Å². The first kappa shape index (κ1) is 11.0. The maximum atomic E-state index is 12.2. The Balaban J connectivity index is 1.81. The average Bonchev–Trinajstić information content (AvgIpc) is 3.06. The number of Topliss-reactive ketones (excluding diaryl/α,β-unsaturated/α-hetero) is 1. The van der Waals surface area contributed by atoms with E-state index in [4.69, 9.17) is 0 Å². The van der Waals surface area contributed by atoms with Crippen LogP contribution in [0.25, 0.3) is 0 Å². The Bertz CT molecular complexity index is 617. The lowest BCUT2D eigenvalue weighted by Gasteiger charge is -2.15. The fourth-order valence-electron chi connectivity index (χ4n) is 4.11. The molecule has 2 aliphatic carbocycles. The van der Waals surface area contributed by atoms with Crippen LogP contribution in [0.3, 0.4) is 0 Å². The van der Waals surface area contributed by atoms with Gasteiger partial charge in [-0.2, -0.15) is 0 Å². The highest BCUT2D eigenvalue weighted by Crippen LogP contribution is 2.72. The molecule has 0 radical (unpaired) electrons. The van der Waals surface area contributed by atoms with Crippen molar-refractivity contribution in [2.75, 3.05) is 0 Å². The van der Waals surface area contributed by atoms with Crippen molar-refractivity contribution in [2.24, 2.45) is 5.92 Å². The zero-order valence-corrected chi connectivity index (χ0v) is 10.8. The smallest absolute Gasteiger partial charge is 0.137 e. The number of hydrogen-bond donors (Lipinski definition) is 0. The number of carbonyl (C=O) groups is 1. The molecule has 2 aromatic carbocycles. The summed E-state index contributed by atoms with van der Waals surface area (Å²) >= 11 is 0. The van der Waals surface area contributed by atoms with Crippen LogP contribution >= 0.6 is 0 Å². The molecular formula is C18H16O. The summed E-state index contributed by atoms with van der Waals surface area (Å²) in [6.45, 7) is 0. The summed E-state index contributed by atoms with van der Waals surface area (Å²) < 4.78 is 0. The molecule has 4 rings (SSSR count). The summed E-state index contributed by atoms with van der Waals surface area (Å²) in [5.74, 6) is 1.08. The Morgan fingerprint density at radius 1 is 0.842 bits per heavy atom. The third-order valence-corrected chi connectivity index (χ3v) is 4.94. The van der Waals surface area contributed by atoms with Gasteiger partial charge >= 0.3 is 0 Å². The van der Waals surface area contributed by atoms with Crippen molar-refractivity contribution in [3.8, 4) is 0 Å². The van der Waals surface area contributed by atoms with Gasteiger partial charge in [-0.15, -0.1) is 0 Å². The molecule has 2 aromatic rings. The van der Waals surface area contributed by atoms with Crippen LogP contribution in [0.4, 0.5) is 0 Å². The minimum absolute atomic E-state index is 0.0969. The van der Waals surface area contributed by atoms with Crippen LogP contribution in [0.5, 0.6) is 0 Å². The number of ketones is 1. The Hall–Kier alpha value is -1.89. The predicted molar refractivity (Wildman–Crippen MR) is 75.0 cm³/mol. The van der Waals surface area contributed by atoms with Gasteiger partial charge in [-0.1, -0.05) is 60.7 Å². The Kier molecular flexibility index (Phi) is 2.20. The molecule has 0 bridgehead atoms. The standard InChI is InChI=1S/C18H16O/c19-15-11-12-18(14-9-5-2-6-10-14)16(17(15)18)13-7-3-1-4-8-13/h1-10,16-17H,11-12H2/t16-,17+,18-/m1/s1. The van der Waals surface area contributed by atoms with Gasteiger partial charge in [0.1, 0.15) is 5.78 Å². The quantitative estimate of drug-likeness (QED) is 0.792. The minimum Gasteiger partial charge on any atom is -0.299 e. The van der Waals surface area contributed by atoms with E-state index in [1.165, 1.54) is 11.1 Å². The van der Waals surface area contributed by atoms with Crippen molar-refractivity contribution < 1.29 is 4.79 Å². The van der Waals surface area contributed by atoms with Gasteiger partial charge in [0, 0.05) is 23.7 Å². The fourth-order valence-corrected chi connectivity index (χ4v) is 4.11. The largest absolute Gasteiger partial charge is 0.299 e. The molecule has 0 amide bonds. The molecule has 0 spiro atoms. The van der Waals surface area contributed by atoms with Gasteiger partial charge in [0.2, 0.25) is 0 Å². The van der Waals surface area contributed by atoms with Crippen LogP contribution in [0.15, 0.2) is 60.7 Å². The molecule has 2 saturated carbocycles. The zero-order valence-electron chi connectivity index (χ0n) is 10.8. The number of rotatable bonds is 2. The van der Waals surface area contributed by atoms with Crippen LogP contribution in [-0.2, 0) is 10.2 Å². The van der Waals surface area contributed by atoms with E-state index < -0.39 is 0 Å². The zero-order chi connectivity index (χ0) is 12.9. The predicted octanol–water partition coefficient (Wildman–Crippen LogP) is 3.70. The van der Waals surface area contributed by atoms with Gasteiger partial charge in [-0.05, 0) is 17.5 Å².